The molecule has 4 N–H and O–H groups in total. The zero-order valence-electron chi connectivity index (χ0n) is 13.0. The SMILES string of the molecule is CC(C)(C)c1ccc(C2(N)CC3CC(N)CC3C2)cc1. The van der Waals surface area contributed by atoms with Gasteiger partial charge in [-0.3, -0.25) is 0 Å². The van der Waals surface area contributed by atoms with E-state index in [4.69, 9.17) is 11.5 Å². The van der Waals surface area contributed by atoms with E-state index in [0.29, 0.717) is 6.04 Å². The third kappa shape index (κ3) is 2.40. The summed E-state index contributed by atoms with van der Waals surface area (Å²) in [5.74, 6) is 1.49. The van der Waals surface area contributed by atoms with Gasteiger partial charge < -0.3 is 11.5 Å². The first-order valence-corrected chi connectivity index (χ1v) is 7.93. The van der Waals surface area contributed by atoms with Crippen LogP contribution >= 0.6 is 0 Å². The smallest absolute Gasteiger partial charge is 0.0415 e. The Morgan fingerprint density at radius 2 is 1.50 bits per heavy atom. The van der Waals surface area contributed by atoms with Crippen LogP contribution in [0.4, 0.5) is 0 Å². The molecule has 1 aromatic carbocycles. The van der Waals surface area contributed by atoms with Gasteiger partial charge in [0.1, 0.15) is 0 Å². The van der Waals surface area contributed by atoms with Crippen LogP contribution < -0.4 is 11.5 Å². The fraction of sp³-hybridized carbons (Fsp3) is 0.667. The van der Waals surface area contributed by atoms with Gasteiger partial charge in [-0.25, -0.2) is 0 Å². The number of rotatable bonds is 1. The topological polar surface area (TPSA) is 52.0 Å². The lowest BCUT2D eigenvalue weighted by atomic mass is 9.82. The lowest BCUT2D eigenvalue weighted by Gasteiger charge is -2.28. The van der Waals surface area contributed by atoms with Crippen molar-refractivity contribution in [1.29, 1.82) is 0 Å². The molecule has 0 saturated heterocycles. The first kappa shape index (κ1) is 14.1. The van der Waals surface area contributed by atoms with E-state index >= 15 is 0 Å². The van der Waals surface area contributed by atoms with Gasteiger partial charge in [0.15, 0.2) is 0 Å². The van der Waals surface area contributed by atoms with Crippen LogP contribution in [0.2, 0.25) is 0 Å². The van der Waals surface area contributed by atoms with Gasteiger partial charge in [-0.2, -0.15) is 0 Å². The average molecular weight is 272 g/mol. The molecule has 1 aromatic rings. The third-order valence-electron chi connectivity index (χ3n) is 5.46. The number of hydrogen-bond acceptors (Lipinski definition) is 2. The Morgan fingerprint density at radius 3 is 1.95 bits per heavy atom. The monoisotopic (exact) mass is 272 g/mol. The normalized spacial score (nSPS) is 37.1. The zero-order valence-corrected chi connectivity index (χ0v) is 13.0. The second-order valence-corrected chi connectivity index (χ2v) is 8.14. The summed E-state index contributed by atoms with van der Waals surface area (Å²) >= 11 is 0. The van der Waals surface area contributed by atoms with Crippen molar-refractivity contribution in [2.45, 2.75) is 63.5 Å². The molecule has 0 heterocycles. The third-order valence-corrected chi connectivity index (χ3v) is 5.46. The minimum atomic E-state index is -0.119. The Labute approximate surface area is 122 Å². The van der Waals surface area contributed by atoms with Crippen LogP contribution in [0, 0.1) is 11.8 Å². The molecule has 2 unspecified atom stereocenters. The molecular formula is C18H28N2. The van der Waals surface area contributed by atoms with Gasteiger partial charge in [0.2, 0.25) is 0 Å². The van der Waals surface area contributed by atoms with E-state index in [9.17, 15) is 0 Å². The highest BCUT2D eigenvalue weighted by molar-refractivity contribution is 5.33. The summed E-state index contributed by atoms with van der Waals surface area (Å²) in [5.41, 5.74) is 15.6. The molecule has 0 radical (unpaired) electrons. The Balaban J connectivity index is 1.80. The van der Waals surface area contributed by atoms with Gasteiger partial charge in [-0.05, 0) is 54.1 Å². The van der Waals surface area contributed by atoms with Gasteiger partial charge in [0.05, 0.1) is 0 Å². The molecule has 0 aliphatic heterocycles. The summed E-state index contributed by atoms with van der Waals surface area (Å²) < 4.78 is 0. The van der Waals surface area contributed by atoms with Crippen molar-refractivity contribution in [1.82, 2.24) is 0 Å². The number of benzene rings is 1. The first-order chi connectivity index (χ1) is 9.28. The molecule has 0 aromatic heterocycles. The average Bonchev–Trinajstić information content (AvgIpc) is 2.82. The summed E-state index contributed by atoms with van der Waals surface area (Å²) in [6.45, 7) is 6.75. The minimum Gasteiger partial charge on any atom is -0.328 e. The second-order valence-electron chi connectivity index (χ2n) is 8.14. The van der Waals surface area contributed by atoms with E-state index in [0.717, 1.165) is 24.7 Å². The van der Waals surface area contributed by atoms with Crippen LogP contribution in [-0.2, 0) is 11.0 Å². The summed E-state index contributed by atoms with van der Waals surface area (Å²) in [4.78, 5) is 0. The molecular weight excluding hydrogens is 244 g/mol. The van der Waals surface area contributed by atoms with E-state index in [1.54, 1.807) is 0 Å². The van der Waals surface area contributed by atoms with Crippen molar-refractivity contribution in [2.24, 2.45) is 23.3 Å². The van der Waals surface area contributed by atoms with E-state index in [1.807, 2.05) is 0 Å². The van der Waals surface area contributed by atoms with Gasteiger partial charge in [0, 0.05) is 11.6 Å². The molecule has 2 nitrogen and oxygen atoms in total. The lowest BCUT2D eigenvalue weighted by molar-refractivity contribution is 0.406. The molecule has 0 bridgehead atoms. The molecule has 2 heteroatoms. The Bertz CT molecular complexity index is 469. The molecule has 3 rings (SSSR count). The van der Waals surface area contributed by atoms with E-state index in [-0.39, 0.29) is 11.0 Å². The highest BCUT2D eigenvalue weighted by atomic mass is 14.8. The number of fused-ring (bicyclic) bond motifs is 1. The van der Waals surface area contributed by atoms with E-state index in [1.165, 1.54) is 24.0 Å². The predicted octanol–water partition coefficient (Wildman–Crippen LogP) is 3.29. The van der Waals surface area contributed by atoms with Crippen LogP contribution in [0.1, 0.15) is 57.6 Å². The van der Waals surface area contributed by atoms with Crippen LogP contribution in [0.25, 0.3) is 0 Å². The molecule has 110 valence electrons. The fourth-order valence-corrected chi connectivity index (χ4v) is 4.32. The summed E-state index contributed by atoms with van der Waals surface area (Å²) in [6.07, 6.45) is 4.56. The van der Waals surface area contributed by atoms with Crippen molar-refractivity contribution in [3.05, 3.63) is 35.4 Å². The molecule has 0 amide bonds. The Kier molecular flexibility index (Phi) is 3.22. The highest BCUT2D eigenvalue weighted by Gasteiger charge is 2.47. The van der Waals surface area contributed by atoms with Crippen LogP contribution in [0.3, 0.4) is 0 Å². The van der Waals surface area contributed by atoms with Crippen LogP contribution in [0.15, 0.2) is 24.3 Å². The molecule has 2 fully saturated rings. The maximum Gasteiger partial charge on any atom is 0.0415 e. The maximum absolute atomic E-state index is 6.73. The van der Waals surface area contributed by atoms with Crippen molar-refractivity contribution < 1.29 is 0 Å². The molecule has 0 spiro atoms. The van der Waals surface area contributed by atoms with Crippen molar-refractivity contribution in [3.8, 4) is 0 Å². The highest BCUT2D eigenvalue weighted by Crippen LogP contribution is 2.51. The molecule has 2 saturated carbocycles. The fourth-order valence-electron chi connectivity index (χ4n) is 4.32. The second kappa shape index (κ2) is 4.57. The van der Waals surface area contributed by atoms with Gasteiger partial charge in [-0.15, -0.1) is 0 Å². The zero-order chi connectivity index (χ0) is 14.5. The van der Waals surface area contributed by atoms with Gasteiger partial charge in [0.25, 0.3) is 0 Å². The summed E-state index contributed by atoms with van der Waals surface area (Å²) in [5, 5.41) is 0. The minimum absolute atomic E-state index is 0.119. The van der Waals surface area contributed by atoms with Crippen molar-refractivity contribution >= 4 is 0 Å². The maximum atomic E-state index is 6.73. The van der Waals surface area contributed by atoms with Crippen molar-refractivity contribution in [2.75, 3.05) is 0 Å². The van der Waals surface area contributed by atoms with Crippen molar-refractivity contribution in [3.63, 3.8) is 0 Å². The summed E-state index contributed by atoms with van der Waals surface area (Å²) in [6, 6.07) is 9.43. The van der Waals surface area contributed by atoms with Gasteiger partial charge in [-0.1, -0.05) is 45.0 Å². The quantitative estimate of drug-likeness (QED) is 0.824. The number of nitrogens with two attached hydrogens (primary N) is 2. The van der Waals surface area contributed by atoms with Crippen LogP contribution in [0.5, 0.6) is 0 Å². The standard InChI is InChI=1S/C18H28N2/c1-17(2,3)14-4-6-15(7-5-14)18(20)10-12-8-16(19)9-13(12)11-18/h4-7,12-13,16H,8-11,19-20H2,1-3H3. The number of hydrogen-bond donors (Lipinski definition) is 2. The van der Waals surface area contributed by atoms with Crippen LogP contribution in [-0.4, -0.2) is 6.04 Å². The van der Waals surface area contributed by atoms with E-state index < -0.39 is 0 Å². The Morgan fingerprint density at radius 1 is 1.00 bits per heavy atom. The van der Waals surface area contributed by atoms with E-state index in [2.05, 4.69) is 45.0 Å². The van der Waals surface area contributed by atoms with Gasteiger partial charge >= 0.3 is 0 Å². The molecule has 2 aliphatic carbocycles. The lowest BCUT2D eigenvalue weighted by Crippen LogP contribution is -2.35. The summed E-state index contributed by atoms with van der Waals surface area (Å²) in [7, 11) is 0. The largest absolute Gasteiger partial charge is 0.328 e. The first-order valence-electron chi connectivity index (χ1n) is 7.93. The predicted molar refractivity (Wildman–Crippen MR) is 84.4 cm³/mol. The molecule has 2 atom stereocenters. The molecule has 20 heavy (non-hydrogen) atoms. The molecule has 2 aliphatic rings. The Hall–Kier alpha value is -0.860.